The second-order valence-corrected chi connectivity index (χ2v) is 6.20. The van der Waals surface area contributed by atoms with Crippen LogP contribution < -0.4 is 5.32 Å². The standard InChI is InChI=1S/C17H18Cl2FN/c1-11(2)14(12-6-4-3-5-7-12)10-21-17-15(18)8-13(20)9-16(17)19/h3-9,11,14,21H,10H2,1-2H3. The number of nitrogens with one attached hydrogen (secondary N) is 1. The van der Waals surface area contributed by atoms with Crippen molar-refractivity contribution in [3.05, 3.63) is 63.9 Å². The molecule has 0 aliphatic rings. The van der Waals surface area contributed by atoms with E-state index in [1.54, 1.807) is 0 Å². The van der Waals surface area contributed by atoms with Crippen LogP contribution in [0.25, 0.3) is 0 Å². The van der Waals surface area contributed by atoms with Crippen LogP contribution in [0.2, 0.25) is 10.0 Å². The summed E-state index contributed by atoms with van der Waals surface area (Å²) < 4.78 is 13.2. The first-order valence-electron chi connectivity index (χ1n) is 6.92. The summed E-state index contributed by atoms with van der Waals surface area (Å²) in [5, 5.41) is 3.86. The predicted molar refractivity (Wildman–Crippen MR) is 88.9 cm³/mol. The monoisotopic (exact) mass is 325 g/mol. The third-order valence-corrected chi connectivity index (χ3v) is 4.13. The van der Waals surface area contributed by atoms with Gasteiger partial charge in [0.2, 0.25) is 0 Å². The molecular formula is C17H18Cl2FN. The average Bonchev–Trinajstić information content (AvgIpc) is 2.42. The first-order chi connectivity index (χ1) is 9.99. The van der Waals surface area contributed by atoms with Crippen LogP contribution in [0, 0.1) is 11.7 Å². The molecule has 1 atom stereocenters. The van der Waals surface area contributed by atoms with Gasteiger partial charge in [0.15, 0.2) is 0 Å². The summed E-state index contributed by atoms with van der Waals surface area (Å²) in [6.45, 7) is 5.03. The Labute approximate surface area is 135 Å². The molecule has 0 fully saturated rings. The molecule has 0 saturated carbocycles. The lowest BCUT2D eigenvalue weighted by atomic mass is 9.88. The van der Waals surface area contributed by atoms with Crippen LogP contribution in [0.1, 0.15) is 25.3 Å². The van der Waals surface area contributed by atoms with E-state index in [0.29, 0.717) is 34.1 Å². The summed E-state index contributed by atoms with van der Waals surface area (Å²) in [6, 6.07) is 12.8. The normalized spacial score (nSPS) is 12.5. The molecule has 112 valence electrons. The van der Waals surface area contributed by atoms with Crippen LogP contribution >= 0.6 is 23.2 Å². The van der Waals surface area contributed by atoms with Gasteiger partial charge >= 0.3 is 0 Å². The fourth-order valence-electron chi connectivity index (χ4n) is 2.36. The molecule has 2 aromatic rings. The summed E-state index contributed by atoms with van der Waals surface area (Å²) in [4.78, 5) is 0. The zero-order valence-corrected chi connectivity index (χ0v) is 13.5. The molecular weight excluding hydrogens is 308 g/mol. The molecule has 0 aliphatic heterocycles. The molecule has 0 saturated heterocycles. The Morgan fingerprint density at radius 3 is 2.14 bits per heavy atom. The average molecular weight is 326 g/mol. The van der Waals surface area contributed by atoms with Crippen molar-refractivity contribution in [3.8, 4) is 0 Å². The van der Waals surface area contributed by atoms with Gasteiger partial charge in [0.05, 0.1) is 15.7 Å². The summed E-state index contributed by atoms with van der Waals surface area (Å²) in [5.74, 6) is 0.348. The largest absolute Gasteiger partial charge is 0.382 e. The van der Waals surface area contributed by atoms with Crippen LogP contribution in [0.15, 0.2) is 42.5 Å². The van der Waals surface area contributed by atoms with Crippen molar-refractivity contribution < 1.29 is 4.39 Å². The van der Waals surface area contributed by atoms with Gasteiger partial charge in [0.25, 0.3) is 0 Å². The summed E-state index contributed by atoms with van der Waals surface area (Å²) in [5.41, 5.74) is 1.84. The van der Waals surface area contributed by atoms with Crippen molar-refractivity contribution in [2.45, 2.75) is 19.8 Å². The Hall–Kier alpha value is -1.25. The van der Waals surface area contributed by atoms with Crippen LogP contribution in [0.5, 0.6) is 0 Å². The van der Waals surface area contributed by atoms with Crippen LogP contribution in [-0.4, -0.2) is 6.54 Å². The third-order valence-electron chi connectivity index (χ3n) is 3.54. The van der Waals surface area contributed by atoms with E-state index in [2.05, 4.69) is 31.3 Å². The smallest absolute Gasteiger partial charge is 0.126 e. The summed E-state index contributed by atoms with van der Waals surface area (Å²) in [6.07, 6.45) is 0. The molecule has 1 unspecified atom stereocenters. The Kier molecular flexibility index (Phi) is 5.49. The molecule has 4 heteroatoms. The lowest BCUT2D eigenvalue weighted by molar-refractivity contribution is 0.517. The molecule has 1 N–H and O–H groups in total. The lowest BCUT2D eigenvalue weighted by Gasteiger charge is -2.23. The van der Waals surface area contributed by atoms with Gasteiger partial charge in [-0.1, -0.05) is 67.4 Å². The topological polar surface area (TPSA) is 12.0 Å². The van der Waals surface area contributed by atoms with Crippen molar-refractivity contribution in [2.75, 3.05) is 11.9 Å². The van der Waals surface area contributed by atoms with Gasteiger partial charge in [-0.25, -0.2) is 4.39 Å². The highest BCUT2D eigenvalue weighted by Crippen LogP contribution is 2.33. The maximum atomic E-state index is 13.2. The molecule has 0 amide bonds. The molecule has 0 radical (unpaired) electrons. The number of anilines is 1. The Morgan fingerprint density at radius 1 is 1.05 bits per heavy atom. The van der Waals surface area contributed by atoms with Crippen molar-refractivity contribution in [3.63, 3.8) is 0 Å². The Bertz CT molecular complexity index is 576. The molecule has 0 bridgehead atoms. The van der Waals surface area contributed by atoms with Crippen LogP contribution in [-0.2, 0) is 0 Å². The predicted octanol–water partition coefficient (Wildman–Crippen LogP) is 5.98. The second-order valence-electron chi connectivity index (χ2n) is 5.39. The van der Waals surface area contributed by atoms with Gasteiger partial charge in [0, 0.05) is 12.5 Å². The molecule has 0 spiro atoms. The van der Waals surface area contributed by atoms with E-state index in [9.17, 15) is 4.39 Å². The van der Waals surface area contributed by atoms with Gasteiger partial charge in [-0.05, 0) is 23.6 Å². The van der Waals surface area contributed by atoms with E-state index in [1.165, 1.54) is 17.7 Å². The summed E-state index contributed by atoms with van der Waals surface area (Å²) >= 11 is 12.1. The second kappa shape index (κ2) is 7.15. The van der Waals surface area contributed by atoms with Gasteiger partial charge in [-0.2, -0.15) is 0 Å². The number of hydrogen-bond donors (Lipinski definition) is 1. The van der Waals surface area contributed by atoms with Crippen LogP contribution in [0.4, 0.5) is 10.1 Å². The number of hydrogen-bond acceptors (Lipinski definition) is 1. The Balaban J connectivity index is 2.17. The minimum atomic E-state index is -0.431. The Morgan fingerprint density at radius 2 is 1.62 bits per heavy atom. The molecule has 21 heavy (non-hydrogen) atoms. The molecule has 0 aromatic heterocycles. The lowest BCUT2D eigenvalue weighted by Crippen LogP contribution is -2.18. The quantitative estimate of drug-likeness (QED) is 0.712. The van der Waals surface area contributed by atoms with Gasteiger partial charge in [0.1, 0.15) is 5.82 Å². The van der Waals surface area contributed by atoms with Gasteiger partial charge < -0.3 is 5.32 Å². The number of halogens is 3. The first kappa shape index (κ1) is 16.1. The SMILES string of the molecule is CC(C)C(CNc1c(Cl)cc(F)cc1Cl)c1ccccc1. The van der Waals surface area contributed by atoms with E-state index in [-0.39, 0.29) is 0 Å². The first-order valence-corrected chi connectivity index (χ1v) is 7.68. The highest BCUT2D eigenvalue weighted by atomic mass is 35.5. The molecule has 0 aliphatic carbocycles. The van der Waals surface area contributed by atoms with Crippen LogP contribution in [0.3, 0.4) is 0 Å². The van der Waals surface area contributed by atoms with Crippen molar-refractivity contribution >= 4 is 28.9 Å². The van der Waals surface area contributed by atoms with Crippen molar-refractivity contribution in [1.82, 2.24) is 0 Å². The maximum Gasteiger partial charge on any atom is 0.126 e. The fraction of sp³-hybridized carbons (Fsp3) is 0.294. The summed E-state index contributed by atoms with van der Waals surface area (Å²) in [7, 11) is 0. The highest BCUT2D eigenvalue weighted by molar-refractivity contribution is 6.39. The fourth-order valence-corrected chi connectivity index (χ4v) is 2.96. The van der Waals surface area contributed by atoms with E-state index in [0.717, 1.165) is 0 Å². The number of rotatable bonds is 5. The highest BCUT2D eigenvalue weighted by Gasteiger charge is 2.17. The maximum absolute atomic E-state index is 13.2. The minimum absolute atomic E-state index is 0.301. The molecule has 0 heterocycles. The third kappa shape index (κ3) is 4.12. The van der Waals surface area contributed by atoms with Crippen molar-refractivity contribution in [2.24, 2.45) is 5.92 Å². The zero-order chi connectivity index (χ0) is 15.4. The van der Waals surface area contributed by atoms with E-state index in [1.807, 2.05) is 18.2 Å². The van der Waals surface area contributed by atoms with E-state index >= 15 is 0 Å². The minimum Gasteiger partial charge on any atom is -0.382 e. The van der Waals surface area contributed by atoms with Gasteiger partial charge in [-0.15, -0.1) is 0 Å². The molecule has 2 rings (SSSR count). The molecule has 2 aromatic carbocycles. The zero-order valence-electron chi connectivity index (χ0n) is 12.0. The van der Waals surface area contributed by atoms with E-state index in [4.69, 9.17) is 23.2 Å². The van der Waals surface area contributed by atoms with E-state index < -0.39 is 5.82 Å². The number of benzene rings is 2. The van der Waals surface area contributed by atoms with Crippen molar-refractivity contribution in [1.29, 1.82) is 0 Å². The van der Waals surface area contributed by atoms with Gasteiger partial charge in [-0.3, -0.25) is 0 Å². The molecule has 1 nitrogen and oxygen atoms in total.